The normalized spacial score (nSPS) is 18.5. The number of benzene rings is 1. The number of nitrogens with two attached hydrogens (primary N) is 1. The third kappa shape index (κ3) is 3.75. The molecule has 1 aliphatic carbocycles. The van der Waals surface area contributed by atoms with Crippen LogP contribution in [-0.2, 0) is 0 Å². The molecule has 1 nitrogen and oxygen atoms in total. The van der Waals surface area contributed by atoms with Crippen LogP contribution in [0.25, 0.3) is 0 Å². The lowest BCUT2D eigenvalue weighted by molar-refractivity contribution is 0.622. The number of thioether (sulfide) groups is 1. The largest absolute Gasteiger partial charge is 0.323 e. The van der Waals surface area contributed by atoms with E-state index in [-0.39, 0.29) is 6.04 Å². The molecule has 2 rings (SSSR count). The van der Waals surface area contributed by atoms with Gasteiger partial charge in [-0.3, -0.25) is 0 Å². The van der Waals surface area contributed by atoms with Crippen LogP contribution in [-0.4, -0.2) is 11.5 Å². The smallest absolute Gasteiger partial charge is 0.0389 e. The average molecular weight is 249 g/mol. The van der Waals surface area contributed by atoms with Crippen molar-refractivity contribution in [3.05, 3.63) is 35.4 Å². The van der Waals surface area contributed by atoms with E-state index in [0.717, 1.165) is 11.7 Å². The SMILES string of the molecule is Cc1ccccc1C(N)CSCC1CCCC1. The van der Waals surface area contributed by atoms with Gasteiger partial charge >= 0.3 is 0 Å². The first-order valence-electron chi connectivity index (χ1n) is 6.66. The summed E-state index contributed by atoms with van der Waals surface area (Å²) >= 11 is 2.04. The van der Waals surface area contributed by atoms with Crippen molar-refractivity contribution in [2.75, 3.05) is 11.5 Å². The Balaban J connectivity index is 1.77. The van der Waals surface area contributed by atoms with Crippen LogP contribution < -0.4 is 5.73 Å². The Kier molecular flexibility index (Phi) is 4.93. The first-order valence-corrected chi connectivity index (χ1v) is 7.81. The van der Waals surface area contributed by atoms with Crippen LogP contribution in [0.4, 0.5) is 0 Å². The molecule has 1 atom stereocenters. The van der Waals surface area contributed by atoms with Gasteiger partial charge in [-0.05, 0) is 42.6 Å². The van der Waals surface area contributed by atoms with Crippen molar-refractivity contribution < 1.29 is 0 Å². The summed E-state index contributed by atoms with van der Waals surface area (Å²) in [6.45, 7) is 2.15. The van der Waals surface area contributed by atoms with Crippen molar-refractivity contribution >= 4 is 11.8 Å². The average Bonchev–Trinajstić information content (AvgIpc) is 2.82. The molecule has 0 heterocycles. The van der Waals surface area contributed by atoms with Crippen LogP contribution in [0.1, 0.15) is 42.9 Å². The maximum atomic E-state index is 6.26. The predicted molar refractivity (Wildman–Crippen MR) is 77.4 cm³/mol. The lowest BCUT2D eigenvalue weighted by Crippen LogP contribution is -2.15. The third-order valence-electron chi connectivity index (χ3n) is 3.71. The Morgan fingerprint density at radius 3 is 2.71 bits per heavy atom. The Hall–Kier alpha value is -0.470. The van der Waals surface area contributed by atoms with Crippen LogP contribution in [0.15, 0.2) is 24.3 Å². The molecule has 0 amide bonds. The maximum Gasteiger partial charge on any atom is 0.0389 e. The second kappa shape index (κ2) is 6.46. The minimum absolute atomic E-state index is 0.197. The minimum Gasteiger partial charge on any atom is -0.323 e. The van der Waals surface area contributed by atoms with Gasteiger partial charge in [-0.25, -0.2) is 0 Å². The number of hydrogen-bond donors (Lipinski definition) is 1. The first-order chi connectivity index (χ1) is 8.27. The molecular weight excluding hydrogens is 226 g/mol. The van der Waals surface area contributed by atoms with Gasteiger partial charge in [0.15, 0.2) is 0 Å². The summed E-state index contributed by atoms with van der Waals surface area (Å²) in [4.78, 5) is 0. The molecule has 17 heavy (non-hydrogen) atoms. The molecule has 2 heteroatoms. The van der Waals surface area contributed by atoms with Gasteiger partial charge in [0.05, 0.1) is 0 Å². The van der Waals surface area contributed by atoms with Crippen LogP contribution in [0.2, 0.25) is 0 Å². The van der Waals surface area contributed by atoms with Crippen LogP contribution >= 0.6 is 11.8 Å². The minimum atomic E-state index is 0.197. The summed E-state index contributed by atoms with van der Waals surface area (Å²) in [5.74, 6) is 3.32. The Bertz CT molecular complexity index is 345. The standard InChI is InChI=1S/C15H23NS/c1-12-6-2-5-9-14(12)15(16)11-17-10-13-7-3-4-8-13/h2,5-6,9,13,15H,3-4,7-8,10-11,16H2,1H3. The Labute approximate surface area is 109 Å². The van der Waals surface area contributed by atoms with Crippen molar-refractivity contribution in [2.24, 2.45) is 11.7 Å². The summed E-state index contributed by atoms with van der Waals surface area (Å²) in [7, 11) is 0. The van der Waals surface area contributed by atoms with Crippen molar-refractivity contribution in [1.82, 2.24) is 0 Å². The molecule has 1 fully saturated rings. The molecule has 1 aromatic rings. The molecule has 1 aromatic carbocycles. The van der Waals surface area contributed by atoms with E-state index >= 15 is 0 Å². The van der Waals surface area contributed by atoms with Gasteiger partial charge in [0.2, 0.25) is 0 Å². The molecule has 94 valence electrons. The van der Waals surface area contributed by atoms with Gasteiger partial charge in [-0.15, -0.1) is 0 Å². The van der Waals surface area contributed by atoms with Gasteiger partial charge in [0.25, 0.3) is 0 Å². The number of rotatable bonds is 5. The van der Waals surface area contributed by atoms with Gasteiger partial charge in [0.1, 0.15) is 0 Å². The zero-order valence-electron chi connectivity index (χ0n) is 10.7. The molecule has 0 aliphatic heterocycles. The summed E-state index contributed by atoms with van der Waals surface area (Å²) < 4.78 is 0. The lowest BCUT2D eigenvalue weighted by atomic mass is 10.0. The van der Waals surface area contributed by atoms with Crippen molar-refractivity contribution in [3.8, 4) is 0 Å². The predicted octanol–water partition coefficient (Wildman–Crippen LogP) is 3.92. The van der Waals surface area contributed by atoms with E-state index in [4.69, 9.17) is 5.73 Å². The molecule has 0 aromatic heterocycles. The summed E-state index contributed by atoms with van der Waals surface area (Å²) in [6.07, 6.45) is 5.75. The van der Waals surface area contributed by atoms with Gasteiger partial charge in [-0.1, -0.05) is 37.1 Å². The maximum absolute atomic E-state index is 6.26. The monoisotopic (exact) mass is 249 g/mol. The zero-order chi connectivity index (χ0) is 12.1. The first kappa shape index (κ1) is 13.0. The highest BCUT2D eigenvalue weighted by molar-refractivity contribution is 7.99. The van der Waals surface area contributed by atoms with Crippen LogP contribution in [0.5, 0.6) is 0 Å². The van der Waals surface area contributed by atoms with Gasteiger partial charge in [-0.2, -0.15) is 11.8 Å². The van der Waals surface area contributed by atoms with Gasteiger partial charge < -0.3 is 5.73 Å². The van der Waals surface area contributed by atoms with E-state index < -0.39 is 0 Å². The second-order valence-corrected chi connectivity index (χ2v) is 6.23. The molecule has 1 saturated carbocycles. The molecule has 0 bridgehead atoms. The fourth-order valence-electron chi connectivity index (χ4n) is 2.63. The summed E-state index contributed by atoms with van der Waals surface area (Å²) in [5, 5.41) is 0. The zero-order valence-corrected chi connectivity index (χ0v) is 11.5. The Morgan fingerprint density at radius 2 is 2.00 bits per heavy atom. The molecule has 0 radical (unpaired) electrons. The van der Waals surface area contributed by atoms with E-state index in [1.54, 1.807) is 0 Å². The highest BCUT2D eigenvalue weighted by Crippen LogP contribution is 2.29. The molecular formula is C15H23NS. The fraction of sp³-hybridized carbons (Fsp3) is 0.600. The molecule has 1 unspecified atom stereocenters. The number of hydrogen-bond acceptors (Lipinski definition) is 2. The van der Waals surface area contributed by atoms with Crippen molar-refractivity contribution in [2.45, 2.75) is 38.6 Å². The van der Waals surface area contributed by atoms with Crippen LogP contribution in [0, 0.1) is 12.8 Å². The molecule has 0 saturated heterocycles. The van der Waals surface area contributed by atoms with Crippen molar-refractivity contribution in [3.63, 3.8) is 0 Å². The summed E-state index contributed by atoms with van der Waals surface area (Å²) in [6, 6.07) is 8.68. The molecule has 2 N–H and O–H groups in total. The van der Waals surface area contributed by atoms with Crippen molar-refractivity contribution in [1.29, 1.82) is 0 Å². The third-order valence-corrected chi connectivity index (χ3v) is 5.02. The van der Waals surface area contributed by atoms with E-state index in [2.05, 4.69) is 31.2 Å². The van der Waals surface area contributed by atoms with E-state index in [9.17, 15) is 0 Å². The van der Waals surface area contributed by atoms with Gasteiger partial charge in [0, 0.05) is 11.8 Å². The summed E-state index contributed by atoms with van der Waals surface area (Å²) in [5.41, 5.74) is 8.89. The Morgan fingerprint density at radius 1 is 1.29 bits per heavy atom. The highest BCUT2D eigenvalue weighted by atomic mass is 32.2. The topological polar surface area (TPSA) is 26.0 Å². The second-order valence-electron chi connectivity index (χ2n) is 5.15. The number of aryl methyl sites for hydroxylation is 1. The fourth-order valence-corrected chi connectivity index (χ4v) is 3.87. The molecule has 1 aliphatic rings. The quantitative estimate of drug-likeness (QED) is 0.856. The molecule has 0 spiro atoms. The van der Waals surface area contributed by atoms with E-state index in [1.807, 2.05) is 11.8 Å². The lowest BCUT2D eigenvalue weighted by Gasteiger charge is -2.15. The van der Waals surface area contributed by atoms with E-state index in [0.29, 0.717) is 0 Å². The van der Waals surface area contributed by atoms with Crippen LogP contribution in [0.3, 0.4) is 0 Å². The highest BCUT2D eigenvalue weighted by Gasteiger charge is 2.15. The van der Waals surface area contributed by atoms with E-state index in [1.165, 1.54) is 42.6 Å².